The molecule has 0 spiro atoms. The molecule has 0 saturated carbocycles. The zero-order valence-electron chi connectivity index (χ0n) is 10.0. The van der Waals surface area contributed by atoms with Crippen LogP contribution in [0.15, 0.2) is 27.4 Å². The number of benzene rings is 1. The molecule has 98 valence electrons. The van der Waals surface area contributed by atoms with Crippen molar-refractivity contribution in [3.63, 3.8) is 0 Å². The summed E-state index contributed by atoms with van der Waals surface area (Å²) in [4.78, 5) is 22.6. The summed E-state index contributed by atoms with van der Waals surface area (Å²) < 4.78 is 6.38. The minimum atomic E-state index is -0.418. The van der Waals surface area contributed by atoms with Crippen LogP contribution in [-0.4, -0.2) is 24.1 Å². The van der Waals surface area contributed by atoms with Crippen LogP contribution < -0.4 is 16.4 Å². The van der Waals surface area contributed by atoms with Crippen molar-refractivity contribution in [1.82, 2.24) is 9.88 Å². The van der Waals surface area contributed by atoms with Gasteiger partial charge in [-0.3, -0.25) is 9.36 Å². The number of amides is 1. The Labute approximate surface area is 109 Å². The molecule has 0 unspecified atom stereocenters. The van der Waals surface area contributed by atoms with Gasteiger partial charge in [-0.25, -0.2) is 4.79 Å². The van der Waals surface area contributed by atoms with Crippen molar-refractivity contribution < 1.29 is 9.21 Å². The van der Waals surface area contributed by atoms with Gasteiger partial charge in [0, 0.05) is 12.7 Å². The van der Waals surface area contributed by atoms with E-state index in [4.69, 9.17) is 4.42 Å². The van der Waals surface area contributed by atoms with Crippen molar-refractivity contribution >= 4 is 35.1 Å². The standard InChI is InChI=1S/C11H13N3O3.ClH/c1-12-6-10(15)13-7-3-4-9-8(5-7)14(2)11(16)17-9;/h3-5,12H,6H2,1-2H3,(H,13,15);1H. The van der Waals surface area contributed by atoms with Crippen LogP contribution in [-0.2, 0) is 11.8 Å². The Morgan fingerprint density at radius 3 is 2.83 bits per heavy atom. The predicted molar refractivity (Wildman–Crippen MR) is 71.3 cm³/mol. The first-order valence-electron chi connectivity index (χ1n) is 5.16. The monoisotopic (exact) mass is 271 g/mol. The summed E-state index contributed by atoms with van der Waals surface area (Å²) in [5.74, 6) is -0.556. The third-order valence-corrected chi connectivity index (χ3v) is 2.41. The fourth-order valence-corrected chi connectivity index (χ4v) is 1.57. The maximum atomic E-state index is 11.4. The van der Waals surface area contributed by atoms with Crippen molar-refractivity contribution in [2.24, 2.45) is 7.05 Å². The number of carbonyl (C=O) groups is 1. The summed E-state index contributed by atoms with van der Waals surface area (Å²) in [5, 5.41) is 5.47. The Bertz CT molecular complexity index is 618. The number of aromatic nitrogens is 1. The SMILES string of the molecule is CNCC(=O)Nc1ccc2oc(=O)n(C)c2c1.Cl. The van der Waals surface area contributed by atoms with Crippen molar-refractivity contribution in [1.29, 1.82) is 0 Å². The van der Waals surface area contributed by atoms with Crippen LogP contribution in [0.25, 0.3) is 11.1 Å². The number of hydrogen-bond donors (Lipinski definition) is 2. The van der Waals surface area contributed by atoms with E-state index in [1.165, 1.54) is 4.57 Å². The number of likely N-dealkylation sites (N-methyl/N-ethyl adjacent to an activating group) is 1. The lowest BCUT2D eigenvalue weighted by Gasteiger charge is -2.04. The fraction of sp³-hybridized carbons (Fsp3) is 0.273. The van der Waals surface area contributed by atoms with Crippen molar-refractivity contribution in [3.05, 3.63) is 28.7 Å². The molecular weight excluding hydrogens is 258 g/mol. The summed E-state index contributed by atoms with van der Waals surface area (Å²) in [6.45, 7) is 0.238. The van der Waals surface area contributed by atoms with Gasteiger partial charge in [-0.1, -0.05) is 0 Å². The molecule has 1 aromatic carbocycles. The van der Waals surface area contributed by atoms with E-state index in [-0.39, 0.29) is 24.9 Å². The van der Waals surface area contributed by atoms with E-state index in [2.05, 4.69) is 10.6 Å². The zero-order valence-corrected chi connectivity index (χ0v) is 10.8. The number of fused-ring (bicyclic) bond motifs is 1. The summed E-state index contributed by atoms with van der Waals surface area (Å²) in [6.07, 6.45) is 0. The number of rotatable bonds is 3. The first-order valence-corrected chi connectivity index (χ1v) is 5.16. The third kappa shape index (κ3) is 2.72. The van der Waals surface area contributed by atoms with Gasteiger partial charge in [0.2, 0.25) is 5.91 Å². The lowest BCUT2D eigenvalue weighted by atomic mass is 10.3. The number of anilines is 1. The fourth-order valence-electron chi connectivity index (χ4n) is 1.57. The van der Waals surface area contributed by atoms with E-state index in [1.54, 1.807) is 32.3 Å². The van der Waals surface area contributed by atoms with Gasteiger partial charge in [0.1, 0.15) is 0 Å². The third-order valence-electron chi connectivity index (χ3n) is 2.41. The van der Waals surface area contributed by atoms with E-state index in [9.17, 15) is 9.59 Å². The lowest BCUT2D eigenvalue weighted by molar-refractivity contribution is -0.115. The van der Waals surface area contributed by atoms with Crippen molar-refractivity contribution in [2.45, 2.75) is 0 Å². The molecule has 1 aromatic heterocycles. The van der Waals surface area contributed by atoms with Gasteiger partial charge in [0.15, 0.2) is 5.58 Å². The minimum Gasteiger partial charge on any atom is -0.408 e. The van der Waals surface area contributed by atoms with E-state index in [0.717, 1.165) is 0 Å². The van der Waals surface area contributed by atoms with Gasteiger partial charge >= 0.3 is 5.76 Å². The molecule has 0 fully saturated rings. The molecule has 0 saturated heterocycles. The molecule has 1 amide bonds. The van der Waals surface area contributed by atoms with Gasteiger partial charge in [-0.05, 0) is 25.2 Å². The van der Waals surface area contributed by atoms with Crippen LogP contribution in [0.4, 0.5) is 5.69 Å². The Kier molecular flexibility index (Phi) is 4.52. The van der Waals surface area contributed by atoms with Crippen LogP contribution in [0.2, 0.25) is 0 Å². The smallest absolute Gasteiger partial charge is 0.408 e. The van der Waals surface area contributed by atoms with E-state index in [0.29, 0.717) is 16.8 Å². The lowest BCUT2D eigenvalue weighted by Crippen LogP contribution is -2.25. The van der Waals surface area contributed by atoms with Gasteiger partial charge in [-0.15, -0.1) is 12.4 Å². The molecule has 18 heavy (non-hydrogen) atoms. The highest BCUT2D eigenvalue weighted by atomic mass is 35.5. The molecule has 0 radical (unpaired) electrons. The van der Waals surface area contributed by atoms with E-state index in [1.807, 2.05) is 0 Å². The molecule has 0 aliphatic heterocycles. The summed E-state index contributed by atoms with van der Waals surface area (Å²) in [7, 11) is 3.32. The molecule has 6 nitrogen and oxygen atoms in total. The number of oxazole rings is 1. The number of hydrogen-bond acceptors (Lipinski definition) is 4. The molecule has 0 bridgehead atoms. The number of carbonyl (C=O) groups excluding carboxylic acids is 1. The molecule has 7 heteroatoms. The second kappa shape index (κ2) is 5.70. The molecule has 2 N–H and O–H groups in total. The molecular formula is C11H14ClN3O3. The van der Waals surface area contributed by atoms with E-state index >= 15 is 0 Å². The highest BCUT2D eigenvalue weighted by Gasteiger charge is 2.07. The summed E-state index contributed by atoms with van der Waals surface area (Å²) >= 11 is 0. The normalized spacial score (nSPS) is 10.1. The number of aryl methyl sites for hydroxylation is 1. The Morgan fingerprint density at radius 1 is 1.44 bits per heavy atom. The second-order valence-electron chi connectivity index (χ2n) is 3.69. The zero-order chi connectivity index (χ0) is 12.4. The molecule has 0 aliphatic rings. The van der Waals surface area contributed by atoms with Crippen molar-refractivity contribution in [2.75, 3.05) is 18.9 Å². The Hall–Kier alpha value is -1.79. The van der Waals surface area contributed by atoms with Gasteiger partial charge in [-0.2, -0.15) is 0 Å². The first kappa shape index (κ1) is 14.3. The highest BCUT2D eigenvalue weighted by Crippen LogP contribution is 2.17. The number of halogens is 1. The Morgan fingerprint density at radius 2 is 2.17 bits per heavy atom. The molecule has 2 rings (SSSR count). The molecule has 0 atom stereocenters. The number of nitrogens with one attached hydrogen (secondary N) is 2. The molecule has 2 aromatic rings. The van der Waals surface area contributed by atoms with Crippen molar-refractivity contribution in [3.8, 4) is 0 Å². The second-order valence-corrected chi connectivity index (χ2v) is 3.69. The van der Waals surface area contributed by atoms with Gasteiger partial charge < -0.3 is 15.1 Å². The highest BCUT2D eigenvalue weighted by molar-refractivity contribution is 5.94. The summed E-state index contributed by atoms with van der Waals surface area (Å²) in [6, 6.07) is 5.05. The minimum absolute atomic E-state index is 0. The number of nitrogens with zero attached hydrogens (tertiary/aromatic N) is 1. The van der Waals surface area contributed by atoms with Crippen LogP contribution in [0.5, 0.6) is 0 Å². The van der Waals surface area contributed by atoms with Crippen LogP contribution in [0.1, 0.15) is 0 Å². The average molecular weight is 272 g/mol. The summed E-state index contributed by atoms with van der Waals surface area (Å²) in [5.41, 5.74) is 1.79. The van der Waals surface area contributed by atoms with Crippen LogP contribution >= 0.6 is 12.4 Å². The van der Waals surface area contributed by atoms with Gasteiger partial charge in [0.05, 0.1) is 12.1 Å². The van der Waals surface area contributed by atoms with Gasteiger partial charge in [0.25, 0.3) is 0 Å². The van der Waals surface area contributed by atoms with Crippen LogP contribution in [0.3, 0.4) is 0 Å². The first-order chi connectivity index (χ1) is 8.11. The molecule has 0 aliphatic carbocycles. The Balaban J connectivity index is 0.00000162. The maximum absolute atomic E-state index is 11.4. The predicted octanol–water partition coefficient (Wildman–Crippen LogP) is 0.711. The maximum Gasteiger partial charge on any atom is 0.419 e. The quantitative estimate of drug-likeness (QED) is 0.862. The van der Waals surface area contributed by atoms with Crippen LogP contribution in [0, 0.1) is 0 Å². The largest absolute Gasteiger partial charge is 0.419 e. The average Bonchev–Trinajstić information content (AvgIpc) is 2.56. The van der Waals surface area contributed by atoms with E-state index < -0.39 is 5.76 Å². The molecule has 1 heterocycles. The topological polar surface area (TPSA) is 76.3 Å².